The van der Waals surface area contributed by atoms with Crippen molar-refractivity contribution < 1.29 is 0 Å². The van der Waals surface area contributed by atoms with Gasteiger partial charge in [-0.15, -0.1) is 11.6 Å². The number of hydrogen-bond acceptors (Lipinski definition) is 2. The molecular formula is C11H17ClN2S. The molecule has 2 nitrogen and oxygen atoms in total. The Bertz CT molecular complexity index is 295. The lowest BCUT2D eigenvalue weighted by atomic mass is 10.0. The average Bonchev–Trinajstić information content (AvgIpc) is 2.76. The van der Waals surface area contributed by atoms with Crippen LogP contribution in [-0.2, 0) is 11.6 Å². The summed E-state index contributed by atoms with van der Waals surface area (Å²) in [6.07, 6.45) is 8.84. The van der Waals surface area contributed by atoms with Crippen molar-refractivity contribution in [3.05, 3.63) is 17.7 Å². The first kappa shape index (κ1) is 11.3. The van der Waals surface area contributed by atoms with Crippen molar-refractivity contribution in [1.29, 1.82) is 0 Å². The van der Waals surface area contributed by atoms with Gasteiger partial charge in [-0.1, -0.05) is 19.3 Å². The molecule has 1 aliphatic rings. The Morgan fingerprint density at radius 2 is 2.20 bits per heavy atom. The molecule has 84 valence electrons. The van der Waals surface area contributed by atoms with Gasteiger partial charge in [0, 0.05) is 17.1 Å². The number of rotatable bonds is 4. The van der Waals surface area contributed by atoms with Gasteiger partial charge in [-0.2, -0.15) is 11.8 Å². The smallest absolute Gasteiger partial charge is 0.116 e. The first-order valence-corrected chi connectivity index (χ1v) is 7.17. The number of nitrogens with zero attached hydrogens (tertiary/aromatic N) is 1. The number of aromatic amines is 1. The Balaban J connectivity index is 1.76. The number of alkyl halides is 1. The molecule has 1 N–H and O–H groups in total. The molecule has 0 spiro atoms. The predicted octanol–water partition coefficient (Wildman–Crippen LogP) is 3.71. The molecule has 4 heteroatoms. The molecule has 1 aliphatic carbocycles. The van der Waals surface area contributed by atoms with Crippen molar-refractivity contribution in [3.8, 4) is 0 Å². The normalized spacial score (nSPS) is 18.2. The molecule has 0 saturated heterocycles. The molecule has 1 heterocycles. The predicted molar refractivity (Wildman–Crippen MR) is 66.3 cm³/mol. The molecule has 1 saturated carbocycles. The Labute approximate surface area is 100 Å². The third-order valence-corrected chi connectivity index (χ3v) is 4.50. The standard InChI is InChI=1S/C11H17ClN2S/c12-6-9-7-13-11(14-9)8-15-10-4-2-1-3-5-10/h7,10H,1-6,8H2,(H,13,14). The van der Waals surface area contributed by atoms with Gasteiger partial charge >= 0.3 is 0 Å². The number of H-pyrrole nitrogens is 1. The second-order valence-corrected chi connectivity index (χ2v) is 5.62. The van der Waals surface area contributed by atoms with Crippen LogP contribution in [0.25, 0.3) is 0 Å². The minimum atomic E-state index is 0.529. The molecular weight excluding hydrogens is 228 g/mol. The SMILES string of the molecule is ClCc1cnc(CSC2CCCCC2)[nH]1. The molecule has 0 radical (unpaired) electrons. The summed E-state index contributed by atoms with van der Waals surface area (Å²) >= 11 is 7.75. The quantitative estimate of drug-likeness (QED) is 0.818. The lowest BCUT2D eigenvalue weighted by molar-refractivity contribution is 0.516. The van der Waals surface area contributed by atoms with Gasteiger partial charge in [0.15, 0.2) is 0 Å². The van der Waals surface area contributed by atoms with Crippen molar-refractivity contribution in [2.45, 2.75) is 49.0 Å². The van der Waals surface area contributed by atoms with Crippen molar-refractivity contribution in [3.63, 3.8) is 0 Å². The summed E-state index contributed by atoms with van der Waals surface area (Å²) in [5, 5.41) is 0.850. The number of imidazole rings is 1. The lowest BCUT2D eigenvalue weighted by Crippen LogP contribution is -2.08. The fraction of sp³-hybridized carbons (Fsp3) is 0.727. The Morgan fingerprint density at radius 3 is 2.87 bits per heavy atom. The number of halogens is 1. The zero-order valence-corrected chi connectivity index (χ0v) is 10.4. The van der Waals surface area contributed by atoms with Gasteiger partial charge < -0.3 is 4.98 Å². The largest absolute Gasteiger partial charge is 0.344 e. The summed E-state index contributed by atoms with van der Waals surface area (Å²) in [6.45, 7) is 0. The summed E-state index contributed by atoms with van der Waals surface area (Å²) in [5.41, 5.74) is 1.02. The maximum absolute atomic E-state index is 5.71. The fourth-order valence-corrected chi connectivity index (χ4v) is 3.32. The first-order valence-electron chi connectivity index (χ1n) is 5.59. The van der Waals surface area contributed by atoms with Crippen molar-refractivity contribution in [1.82, 2.24) is 9.97 Å². The van der Waals surface area contributed by atoms with E-state index in [9.17, 15) is 0 Å². The van der Waals surface area contributed by atoms with E-state index in [2.05, 4.69) is 9.97 Å². The van der Waals surface area contributed by atoms with E-state index >= 15 is 0 Å². The highest BCUT2D eigenvalue weighted by Gasteiger charge is 2.14. The van der Waals surface area contributed by atoms with E-state index in [1.165, 1.54) is 32.1 Å². The summed E-state index contributed by atoms with van der Waals surface area (Å²) < 4.78 is 0. The fourth-order valence-electron chi connectivity index (χ4n) is 1.98. The third kappa shape index (κ3) is 3.42. The molecule has 0 unspecified atom stereocenters. The minimum Gasteiger partial charge on any atom is -0.344 e. The Kier molecular flexibility index (Phi) is 4.39. The number of aromatic nitrogens is 2. The van der Waals surface area contributed by atoms with E-state index in [1.807, 2.05) is 18.0 Å². The summed E-state index contributed by atoms with van der Waals surface area (Å²) in [5.74, 6) is 2.60. The topological polar surface area (TPSA) is 28.7 Å². The molecule has 0 amide bonds. The van der Waals surface area contributed by atoms with E-state index < -0.39 is 0 Å². The van der Waals surface area contributed by atoms with Crippen LogP contribution in [0.3, 0.4) is 0 Å². The first-order chi connectivity index (χ1) is 7.38. The zero-order valence-electron chi connectivity index (χ0n) is 8.84. The second kappa shape index (κ2) is 5.80. The lowest BCUT2D eigenvalue weighted by Gasteiger charge is -2.20. The van der Waals surface area contributed by atoms with Gasteiger partial charge in [0.2, 0.25) is 0 Å². The molecule has 2 rings (SSSR count). The number of nitrogens with one attached hydrogen (secondary N) is 1. The molecule has 0 bridgehead atoms. The van der Waals surface area contributed by atoms with Crippen LogP contribution in [0.2, 0.25) is 0 Å². The second-order valence-electron chi connectivity index (χ2n) is 4.06. The van der Waals surface area contributed by atoms with E-state index in [0.717, 1.165) is 22.5 Å². The Hall–Kier alpha value is -0.150. The van der Waals surface area contributed by atoms with Crippen LogP contribution < -0.4 is 0 Å². The maximum atomic E-state index is 5.71. The third-order valence-electron chi connectivity index (χ3n) is 2.83. The highest BCUT2D eigenvalue weighted by atomic mass is 35.5. The molecule has 1 aromatic heterocycles. The van der Waals surface area contributed by atoms with E-state index in [4.69, 9.17) is 11.6 Å². The molecule has 1 aromatic rings. The van der Waals surface area contributed by atoms with Crippen LogP contribution in [0.15, 0.2) is 6.20 Å². The summed E-state index contributed by atoms with van der Waals surface area (Å²) in [4.78, 5) is 7.55. The molecule has 0 aromatic carbocycles. The van der Waals surface area contributed by atoms with Gasteiger partial charge in [-0.3, -0.25) is 0 Å². The van der Waals surface area contributed by atoms with Crippen LogP contribution in [0.4, 0.5) is 0 Å². The van der Waals surface area contributed by atoms with Crippen molar-refractivity contribution in [2.24, 2.45) is 0 Å². The highest BCUT2D eigenvalue weighted by molar-refractivity contribution is 7.99. The minimum absolute atomic E-state index is 0.529. The highest BCUT2D eigenvalue weighted by Crippen LogP contribution is 2.29. The van der Waals surface area contributed by atoms with E-state index in [1.54, 1.807) is 0 Å². The number of hydrogen-bond donors (Lipinski definition) is 1. The van der Waals surface area contributed by atoms with Crippen molar-refractivity contribution >= 4 is 23.4 Å². The van der Waals surface area contributed by atoms with Crippen molar-refractivity contribution in [2.75, 3.05) is 0 Å². The van der Waals surface area contributed by atoms with Crippen LogP contribution in [0.1, 0.15) is 43.6 Å². The molecule has 0 aliphatic heterocycles. The van der Waals surface area contributed by atoms with Gasteiger partial charge in [-0.25, -0.2) is 4.98 Å². The zero-order chi connectivity index (χ0) is 10.5. The summed E-state index contributed by atoms with van der Waals surface area (Å²) in [7, 11) is 0. The van der Waals surface area contributed by atoms with Crippen LogP contribution >= 0.6 is 23.4 Å². The average molecular weight is 245 g/mol. The van der Waals surface area contributed by atoms with Crippen LogP contribution in [-0.4, -0.2) is 15.2 Å². The summed E-state index contributed by atoms with van der Waals surface area (Å²) in [6, 6.07) is 0. The van der Waals surface area contributed by atoms with E-state index in [-0.39, 0.29) is 0 Å². The molecule has 1 fully saturated rings. The monoisotopic (exact) mass is 244 g/mol. The Morgan fingerprint density at radius 1 is 1.40 bits per heavy atom. The van der Waals surface area contributed by atoms with Gasteiger partial charge in [-0.05, 0) is 12.8 Å². The maximum Gasteiger partial charge on any atom is 0.116 e. The molecule has 0 atom stereocenters. The number of thioether (sulfide) groups is 1. The van der Waals surface area contributed by atoms with Gasteiger partial charge in [0.05, 0.1) is 11.6 Å². The molecule has 15 heavy (non-hydrogen) atoms. The van der Waals surface area contributed by atoms with Crippen LogP contribution in [0, 0.1) is 0 Å². The van der Waals surface area contributed by atoms with Crippen LogP contribution in [0.5, 0.6) is 0 Å². The van der Waals surface area contributed by atoms with Gasteiger partial charge in [0.1, 0.15) is 5.82 Å². The van der Waals surface area contributed by atoms with Gasteiger partial charge in [0.25, 0.3) is 0 Å². The van der Waals surface area contributed by atoms with E-state index in [0.29, 0.717) is 5.88 Å².